The standard InChI is InChI=1S/C44H34N4/c1-27-17-21-41-36(23-27)33-12-6-9-15-39(33)47(41)38-14-8-5-11-32(38)35-20-19-31(44-45-29(3)25-30(4)46-44)26-43(35)48-40-16-10-7-13-34(40)37-24-28(2)18-22-42(37)48/h5-26H,1-4H3. The summed E-state index contributed by atoms with van der Waals surface area (Å²) >= 11 is 0. The van der Waals surface area contributed by atoms with Gasteiger partial charge in [0.2, 0.25) is 0 Å². The molecule has 0 spiro atoms. The van der Waals surface area contributed by atoms with Gasteiger partial charge in [-0.2, -0.15) is 0 Å². The highest BCUT2D eigenvalue weighted by molar-refractivity contribution is 6.11. The van der Waals surface area contributed by atoms with Gasteiger partial charge in [-0.1, -0.05) is 90.0 Å². The Kier molecular flexibility index (Phi) is 6.34. The van der Waals surface area contributed by atoms with Gasteiger partial charge in [-0.25, -0.2) is 9.97 Å². The molecule has 0 unspecified atom stereocenters. The molecule has 0 N–H and O–H groups in total. The molecule has 0 amide bonds. The minimum absolute atomic E-state index is 0.739. The fraction of sp³-hybridized carbons (Fsp3) is 0.0909. The van der Waals surface area contributed by atoms with E-state index in [2.05, 4.69) is 150 Å². The minimum Gasteiger partial charge on any atom is -0.309 e. The van der Waals surface area contributed by atoms with Crippen molar-refractivity contribution in [3.63, 3.8) is 0 Å². The van der Waals surface area contributed by atoms with Crippen LogP contribution >= 0.6 is 0 Å². The maximum absolute atomic E-state index is 4.87. The molecule has 0 bridgehead atoms. The highest BCUT2D eigenvalue weighted by atomic mass is 15.0. The summed E-state index contributed by atoms with van der Waals surface area (Å²) in [7, 11) is 0. The van der Waals surface area contributed by atoms with Gasteiger partial charge in [0.15, 0.2) is 5.82 Å². The number of hydrogen-bond acceptors (Lipinski definition) is 2. The lowest BCUT2D eigenvalue weighted by atomic mass is 9.98. The van der Waals surface area contributed by atoms with Crippen LogP contribution in [0.25, 0.3) is 77.5 Å². The van der Waals surface area contributed by atoms with E-state index in [1.807, 2.05) is 19.9 Å². The number of para-hydroxylation sites is 3. The van der Waals surface area contributed by atoms with Crippen molar-refractivity contribution in [1.29, 1.82) is 0 Å². The minimum atomic E-state index is 0.739. The normalized spacial score (nSPS) is 11.8. The Hall–Kier alpha value is -6.00. The Labute approximate surface area is 279 Å². The summed E-state index contributed by atoms with van der Waals surface area (Å²) in [5.74, 6) is 0.739. The zero-order chi connectivity index (χ0) is 32.5. The summed E-state index contributed by atoms with van der Waals surface area (Å²) < 4.78 is 4.86. The summed E-state index contributed by atoms with van der Waals surface area (Å²) in [6.45, 7) is 8.40. The first-order valence-corrected chi connectivity index (χ1v) is 16.5. The Bertz CT molecular complexity index is 2700. The SMILES string of the molecule is Cc1ccc2c(c1)c1ccccc1n2-c1ccccc1-c1ccc(-c2nc(C)cc(C)n2)cc1-n1c2ccccc2c2cc(C)ccc21. The van der Waals surface area contributed by atoms with Gasteiger partial charge in [0.25, 0.3) is 0 Å². The molecule has 0 atom stereocenters. The average Bonchev–Trinajstić information content (AvgIpc) is 3.59. The predicted molar refractivity (Wildman–Crippen MR) is 201 cm³/mol. The van der Waals surface area contributed by atoms with Gasteiger partial charge in [0.05, 0.1) is 33.4 Å². The van der Waals surface area contributed by atoms with Crippen molar-refractivity contribution in [3.05, 3.63) is 156 Å². The van der Waals surface area contributed by atoms with Crippen LogP contribution in [0, 0.1) is 27.7 Å². The molecular weight excluding hydrogens is 585 g/mol. The lowest BCUT2D eigenvalue weighted by Gasteiger charge is -2.19. The Morgan fingerprint density at radius 1 is 0.396 bits per heavy atom. The molecule has 3 heterocycles. The van der Waals surface area contributed by atoms with E-state index in [-0.39, 0.29) is 0 Å². The van der Waals surface area contributed by atoms with Crippen molar-refractivity contribution >= 4 is 43.6 Å². The maximum atomic E-state index is 4.87. The monoisotopic (exact) mass is 618 g/mol. The number of aromatic nitrogens is 4. The summed E-state index contributed by atoms with van der Waals surface area (Å²) in [5.41, 5.74) is 14.7. The maximum Gasteiger partial charge on any atom is 0.159 e. The number of aryl methyl sites for hydroxylation is 4. The third-order valence-corrected chi connectivity index (χ3v) is 9.57. The quantitative estimate of drug-likeness (QED) is 0.197. The summed E-state index contributed by atoms with van der Waals surface area (Å²) in [6.07, 6.45) is 0. The molecule has 230 valence electrons. The van der Waals surface area contributed by atoms with Crippen molar-refractivity contribution in [2.45, 2.75) is 27.7 Å². The highest BCUT2D eigenvalue weighted by Gasteiger charge is 2.21. The predicted octanol–water partition coefficient (Wildman–Crippen LogP) is 11.2. The fourth-order valence-electron chi connectivity index (χ4n) is 7.53. The van der Waals surface area contributed by atoms with E-state index >= 15 is 0 Å². The Morgan fingerprint density at radius 3 is 1.52 bits per heavy atom. The van der Waals surface area contributed by atoms with Gasteiger partial charge >= 0.3 is 0 Å². The lowest BCUT2D eigenvalue weighted by molar-refractivity contribution is 1.06. The molecule has 48 heavy (non-hydrogen) atoms. The van der Waals surface area contributed by atoms with Gasteiger partial charge in [-0.05, 0) is 82.3 Å². The molecule has 3 aromatic heterocycles. The van der Waals surface area contributed by atoms with Crippen molar-refractivity contribution in [2.75, 3.05) is 0 Å². The molecular formula is C44H34N4. The molecule has 6 aromatic carbocycles. The van der Waals surface area contributed by atoms with Gasteiger partial charge < -0.3 is 9.13 Å². The van der Waals surface area contributed by atoms with Gasteiger partial charge in [0, 0.05) is 49.6 Å². The lowest BCUT2D eigenvalue weighted by Crippen LogP contribution is -2.03. The molecule has 0 aliphatic rings. The molecule has 9 aromatic rings. The van der Waals surface area contributed by atoms with Crippen LogP contribution in [0.1, 0.15) is 22.5 Å². The first kappa shape index (κ1) is 28.2. The second kappa shape index (κ2) is 10.8. The molecule has 4 heteroatoms. The summed E-state index contributed by atoms with van der Waals surface area (Å²) in [4.78, 5) is 9.75. The van der Waals surface area contributed by atoms with Gasteiger partial charge in [-0.3, -0.25) is 0 Å². The van der Waals surface area contributed by atoms with Crippen LogP contribution in [0.3, 0.4) is 0 Å². The topological polar surface area (TPSA) is 35.6 Å². The zero-order valence-electron chi connectivity index (χ0n) is 27.5. The number of rotatable bonds is 4. The number of fused-ring (bicyclic) bond motifs is 6. The molecule has 0 saturated heterocycles. The summed E-state index contributed by atoms with van der Waals surface area (Å²) in [6, 6.07) is 48.6. The third-order valence-electron chi connectivity index (χ3n) is 9.57. The third kappa shape index (κ3) is 4.37. The van der Waals surface area contributed by atoms with Crippen LogP contribution < -0.4 is 0 Å². The van der Waals surface area contributed by atoms with Crippen molar-refractivity contribution < 1.29 is 0 Å². The van der Waals surface area contributed by atoms with E-state index in [1.54, 1.807) is 0 Å². The molecule has 4 nitrogen and oxygen atoms in total. The van der Waals surface area contributed by atoms with E-state index in [1.165, 1.54) is 54.7 Å². The van der Waals surface area contributed by atoms with Crippen LogP contribution in [0.15, 0.2) is 133 Å². The molecule has 0 radical (unpaired) electrons. The van der Waals surface area contributed by atoms with Crippen LogP contribution in [0.5, 0.6) is 0 Å². The highest BCUT2D eigenvalue weighted by Crippen LogP contribution is 2.42. The number of nitrogens with zero attached hydrogens (tertiary/aromatic N) is 4. The molecule has 0 aliphatic carbocycles. The van der Waals surface area contributed by atoms with Crippen molar-refractivity contribution in [2.24, 2.45) is 0 Å². The Balaban J connectivity index is 1.40. The van der Waals surface area contributed by atoms with E-state index in [0.29, 0.717) is 0 Å². The van der Waals surface area contributed by atoms with E-state index in [9.17, 15) is 0 Å². The van der Waals surface area contributed by atoms with E-state index < -0.39 is 0 Å². The van der Waals surface area contributed by atoms with Crippen molar-refractivity contribution in [3.8, 4) is 33.9 Å². The molecule has 0 aliphatic heterocycles. The van der Waals surface area contributed by atoms with Gasteiger partial charge in [-0.15, -0.1) is 0 Å². The average molecular weight is 619 g/mol. The molecule has 9 rings (SSSR count). The second-order valence-corrected chi connectivity index (χ2v) is 13.0. The zero-order valence-corrected chi connectivity index (χ0v) is 27.5. The second-order valence-electron chi connectivity index (χ2n) is 13.0. The van der Waals surface area contributed by atoms with E-state index in [0.717, 1.165) is 45.3 Å². The number of hydrogen-bond donors (Lipinski definition) is 0. The fourth-order valence-corrected chi connectivity index (χ4v) is 7.53. The Morgan fingerprint density at radius 2 is 0.896 bits per heavy atom. The van der Waals surface area contributed by atoms with Crippen molar-refractivity contribution in [1.82, 2.24) is 19.1 Å². The van der Waals surface area contributed by atoms with Crippen LogP contribution in [0.4, 0.5) is 0 Å². The summed E-state index contributed by atoms with van der Waals surface area (Å²) in [5, 5.41) is 5.00. The van der Waals surface area contributed by atoms with Crippen LogP contribution in [0.2, 0.25) is 0 Å². The largest absolute Gasteiger partial charge is 0.309 e. The first-order chi connectivity index (χ1) is 23.4. The smallest absolute Gasteiger partial charge is 0.159 e. The first-order valence-electron chi connectivity index (χ1n) is 16.5. The van der Waals surface area contributed by atoms with Crippen LogP contribution in [-0.2, 0) is 0 Å². The molecule has 0 fully saturated rings. The number of benzene rings is 6. The molecule has 0 saturated carbocycles. The van der Waals surface area contributed by atoms with E-state index in [4.69, 9.17) is 9.97 Å². The van der Waals surface area contributed by atoms with Crippen LogP contribution in [-0.4, -0.2) is 19.1 Å². The van der Waals surface area contributed by atoms with Gasteiger partial charge in [0.1, 0.15) is 0 Å².